The standard InChI is InChI=1S/C13H19NO2/c1-5-13(15)14-10-6-7-12(16-4)11(8-10)9(2)3/h6-9H,5H2,1-4H3,(H,14,15). The molecule has 1 aromatic rings. The third-order valence-electron chi connectivity index (χ3n) is 2.46. The Bertz CT molecular complexity index is 372. The van der Waals surface area contributed by atoms with Crippen molar-refractivity contribution in [1.82, 2.24) is 0 Å². The molecule has 0 radical (unpaired) electrons. The van der Waals surface area contributed by atoms with Crippen LogP contribution in [0.25, 0.3) is 0 Å². The van der Waals surface area contributed by atoms with Crippen molar-refractivity contribution >= 4 is 11.6 Å². The summed E-state index contributed by atoms with van der Waals surface area (Å²) in [5.41, 5.74) is 1.94. The van der Waals surface area contributed by atoms with Gasteiger partial charge in [0, 0.05) is 12.1 Å². The van der Waals surface area contributed by atoms with Gasteiger partial charge in [0.2, 0.25) is 5.91 Å². The van der Waals surface area contributed by atoms with Crippen LogP contribution in [0.15, 0.2) is 18.2 Å². The lowest BCUT2D eigenvalue weighted by molar-refractivity contribution is -0.115. The smallest absolute Gasteiger partial charge is 0.224 e. The first-order valence-corrected chi connectivity index (χ1v) is 5.56. The number of anilines is 1. The van der Waals surface area contributed by atoms with Crippen molar-refractivity contribution < 1.29 is 9.53 Å². The normalized spacial score (nSPS) is 10.3. The van der Waals surface area contributed by atoms with Gasteiger partial charge in [0.1, 0.15) is 5.75 Å². The molecule has 0 aliphatic carbocycles. The molecule has 3 heteroatoms. The number of carbonyl (C=O) groups excluding carboxylic acids is 1. The second kappa shape index (κ2) is 5.54. The van der Waals surface area contributed by atoms with Gasteiger partial charge in [-0.2, -0.15) is 0 Å². The Balaban J connectivity index is 2.97. The quantitative estimate of drug-likeness (QED) is 0.848. The highest BCUT2D eigenvalue weighted by molar-refractivity contribution is 5.90. The third kappa shape index (κ3) is 2.99. The van der Waals surface area contributed by atoms with Crippen molar-refractivity contribution in [2.75, 3.05) is 12.4 Å². The van der Waals surface area contributed by atoms with Crippen molar-refractivity contribution in [2.45, 2.75) is 33.1 Å². The van der Waals surface area contributed by atoms with Crippen LogP contribution in [0.3, 0.4) is 0 Å². The molecule has 0 heterocycles. The van der Waals surface area contributed by atoms with E-state index in [2.05, 4.69) is 19.2 Å². The van der Waals surface area contributed by atoms with Crippen LogP contribution in [0.4, 0.5) is 5.69 Å². The zero-order chi connectivity index (χ0) is 12.1. The van der Waals surface area contributed by atoms with Crippen LogP contribution in [-0.2, 0) is 4.79 Å². The average molecular weight is 221 g/mol. The first-order chi connectivity index (χ1) is 7.58. The Morgan fingerprint density at radius 2 is 2.12 bits per heavy atom. The van der Waals surface area contributed by atoms with E-state index in [0.717, 1.165) is 17.0 Å². The van der Waals surface area contributed by atoms with Gasteiger partial charge in [-0.05, 0) is 29.7 Å². The maximum Gasteiger partial charge on any atom is 0.224 e. The zero-order valence-corrected chi connectivity index (χ0v) is 10.3. The van der Waals surface area contributed by atoms with Crippen LogP contribution in [0, 0.1) is 0 Å². The van der Waals surface area contributed by atoms with Gasteiger partial charge in [-0.3, -0.25) is 4.79 Å². The summed E-state index contributed by atoms with van der Waals surface area (Å²) in [6.45, 7) is 6.04. The van der Waals surface area contributed by atoms with Gasteiger partial charge >= 0.3 is 0 Å². The van der Waals surface area contributed by atoms with Gasteiger partial charge in [-0.15, -0.1) is 0 Å². The summed E-state index contributed by atoms with van der Waals surface area (Å²) in [6, 6.07) is 5.72. The minimum atomic E-state index is 0.0277. The second-order valence-electron chi connectivity index (χ2n) is 4.01. The molecular formula is C13H19NO2. The predicted molar refractivity (Wildman–Crippen MR) is 66.0 cm³/mol. The number of amides is 1. The molecule has 1 amide bonds. The average Bonchev–Trinajstić information content (AvgIpc) is 2.28. The highest BCUT2D eigenvalue weighted by Crippen LogP contribution is 2.29. The molecule has 1 N–H and O–H groups in total. The van der Waals surface area contributed by atoms with E-state index in [9.17, 15) is 4.79 Å². The Labute approximate surface area is 96.8 Å². The number of rotatable bonds is 4. The van der Waals surface area contributed by atoms with Gasteiger partial charge in [0.25, 0.3) is 0 Å². The molecule has 3 nitrogen and oxygen atoms in total. The third-order valence-corrected chi connectivity index (χ3v) is 2.46. The lowest BCUT2D eigenvalue weighted by Gasteiger charge is -2.13. The van der Waals surface area contributed by atoms with Crippen molar-refractivity contribution in [3.05, 3.63) is 23.8 Å². The number of hydrogen-bond donors (Lipinski definition) is 1. The van der Waals surface area contributed by atoms with Gasteiger partial charge < -0.3 is 10.1 Å². The predicted octanol–water partition coefficient (Wildman–Crippen LogP) is 3.17. The summed E-state index contributed by atoms with van der Waals surface area (Å²) in [7, 11) is 1.66. The molecule has 0 fully saturated rings. The SMILES string of the molecule is CCC(=O)Nc1ccc(OC)c(C(C)C)c1. The molecule has 1 rings (SSSR count). The van der Waals surface area contributed by atoms with Crippen LogP contribution >= 0.6 is 0 Å². The molecule has 0 atom stereocenters. The monoisotopic (exact) mass is 221 g/mol. The highest BCUT2D eigenvalue weighted by atomic mass is 16.5. The van der Waals surface area contributed by atoms with Crippen molar-refractivity contribution in [1.29, 1.82) is 0 Å². The Kier molecular flexibility index (Phi) is 4.35. The van der Waals surface area contributed by atoms with Crippen LogP contribution in [0.1, 0.15) is 38.7 Å². The summed E-state index contributed by atoms with van der Waals surface area (Å²) < 4.78 is 5.28. The topological polar surface area (TPSA) is 38.3 Å². The maximum absolute atomic E-state index is 11.3. The summed E-state index contributed by atoms with van der Waals surface area (Å²) >= 11 is 0. The molecule has 1 aromatic carbocycles. The lowest BCUT2D eigenvalue weighted by Crippen LogP contribution is -2.09. The van der Waals surface area contributed by atoms with E-state index >= 15 is 0 Å². The second-order valence-corrected chi connectivity index (χ2v) is 4.01. The lowest BCUT2D eigenvalue weighted by atomic mass is 10.0. The van der Waals surface area contributed by atoms with E-state index in [0.29, 0.717) is 12.3 Å². The molecule has 88 valence electrons. The molecular weight excluding hydrogens is 202 g/mol. The number of nitrogens with one attached hydrogen (secondary N) is 1. The van der Waals surface area contributed by atoms with Gasteiger partial charge in [-0.1, -0.05) is 20.8 Å². The number of hydrogen-bond acceptors (Lipinski definition) is 2. The molecule has 16 heavy (non-hydrogen) atoms. The largest absolute Gasteiger partial charge is 0.496 e. The zero-order valence-electron chi connectivity index (χ0n) is 10.3. The van der Waals surface area contributed by atoms with Gasteiger partial charge in [0.05, 0.1) is 7.11 Å². The minimum Gasteiger partial charge on any atom is -0.496 e. The fourth-order valence-corrected chi connectivity index (χ4v) is 1.51. The summed E-state index contributed by atoms with van der Waals surface area (Å²) in [5, 5.41) is 2.84. The molecule has 0 spiro atoms. The Hall–Kier alpha value is -1.51. The Morgan fingerprint density at radius 1 is 1.44 bits per heavy atom. The number of ether oxygens (including phenoxy) is 1. The fourth-order valence-electron chi connectivity index (χ4n) is 1.51. The van der Waals surface area contributed by atoms with Gasteiger partial charge in [-0.25, -0.2) is 0 Å². The highest BCUT2D eigenvalue weighted by Gasteiger charge is 2.09. The molecule has 0 saturated heterocycles. The number of methoxy groups -OCH3 is 1. The molecule has 0 aliphatic rings. The Morgan fingerprint density at radius 3 is 2.62 bits per heavy atom. The summed E-state index contributed by atoms with van der Waals surface area (Å²) in [5.74, 6) is 1.26. The van der Waals surface area contributed by atoms with E-state index in [1.165, 1.54) is 0 Å². The fraction of sp³-hybridized carbons (Fsp3) is 0.462. The minimum absolute atomic E-state index is 0.0277. The van der Waals surface area contributed by atoms with Crippen LogP contribution in [0.2, 0.25) is 0 Å². The molecule has 0 bridgehead atoms. The summed E-state index contributed by atoms with van der Waals surface area (Å²) in [6.07, 6.45) is 0.489. The van der Waals surface area contributed by atoms with E-state index in [1.807, 2.05) is 25.1 Å². The first kappa shape index (κ1) is 12.6. The molecule has 0 unspecified atom stereocenters. The van der Waals surface area contributed by atoms with Crippen LogP contribution in [0.5, 0.6) is 5.75 Å². The van der Waals surface area contributed by atoms with Crippen LogP contribution in [-0.4, -0.2) is 13.0 Å². The molecule has 0 saturated carbocycles. The van der Waals surface area contributed by atoms with Crippen molar-refractivity contribution in [2.24, 2.45) is 0 Å². The van der Waals surface area contributed by atoms with Gasteiger partial charge in [0.15, 0.2) is 0 Å². The summed E-state index contributed by atoms with van der Waals surface area (Å²) in [4.78, 5) is 11.3. The van der Waals surface area contributed by atoms with E-state index < -0.39 is 0 Å². The van der Waals surface area contributed by atoms with E-state index in [1.54, 1.807) is 7.11 Å². The van der Waals surface area contributed by atoms with Crippen molar-refractivity contribution in [3.8, 4) is 5.75 Å². The maximum atomic E-state index is 11.3. The van der Waals surface area contributed by atoms with E-state index in [4.69, 9.17) is 4.74 Å². The molecule has 0 aliphatic heterocycles. The first-order valence-electron chi connectivity index (χ1n) is 5.56. The van der Waals surface area contributed by atoms with Crippen molar-refractivity contribution in [3.63, 3.8) is 0 Å². The number of benzene rings is 1. The molecule has 0 aromatic heterocycles. The number of carbonyl (C=O) groups is 1. The van der Waals surface area contributed by atoms with Crippen LogP contribution < -0.4 is 10.1 Å². The van der Waals surface area contributed by atoms with E-state index in [-0.39, 0.29) is 5.91 Å².